The Morgan fingerprint density at radius 1 is 1.08 bits per heavy atom. The fraction of sp³-hybridized carbons (Fsp3) is 0.409. The highest BCUT2D eigenvalue weighted by molar-refractivity contribution is 6.06. The molecule has 0 spiro atoms. The number of aromatic nitrogens is 4. The van der Waals surface area contributed by atoms with Crippen LogP contribution in [0.25, 0.3) is 11.2 Å². The molecule has 0 radical (unpaired) electrons. The number of benzene rings is 1. The molecule has 2 N–H and O–H groups in total. The first kappa shape index (κ1) is 24.1. The Balaban J connectivity index is 1.41. The lowest BCUT2D eigenvalue weighted by molar-refractivity contribution is -0.197. The largest absolute Gasteiger partial charge is 0.471 e. The summed E-state index contributed by atoms with van der Waals surface area (Å²) in [4.78, 5) is 36.6. The van der Waals surface area contributed by atoms with Crippen LogP contribution in [0.5, 0.6) is 0 Å². The van der Waals surface area contributed by atoms with Gasteiger partial charge in [0.05, 0.1) is 6.33 Å². The molecule has 4 atom stereocenters. The molecule has 0 aliphatic carbocycles. The molecule has 2 aromatic heterocycles. The van der Waals surface area contributed by atoms with Crippen molar-refractivity contribution in [2.75, 3.05) is 11.9 Å². The number of fused-ring (bicyclic) bond motifs is 2. The van der Waals surface area contributed by atoms with Crippen LogP contribution in [0.1, 0.15) is 30.4 Å². The molecule has 0 saturated carbocycles. The number of hydrogen-bond acceptors (Lipinski definition) is 8. The molecular weight excluding hydrogens is 485 g/mol. The van der Waals surface area contributed by atoms with Crippen molar-refractivity contribution in [1.82, 2.24) is 24.8 Å². The summed E-state index contributed by atoms with van der Waals surface area (Å²) >= 11 is 0. The average Bonchev–Trinajstić information content (AvgIpc) is 3.48. The normalized spacial score (nSPS) is 25.0. The number of carbonyl (C=O) groups excluding carboxylic acids is 2. The molecule has 1 aromatic carbocycles. The Labute approximate surface area is 202 Å². The maximum absolute atomic E-state index is 12.7. The van der Waals surface area contributed by atoms with Gasteiger partial charge in [0.15, 0.2) is 29.0 Å². The molecule has 14 heteroatoms. The molecule has 2 saturated heterocycles. The number of amides is 2. The van der Waals surface area contributed by atoms with Gasteiger partial charge in [-0.05, 0) is 26.0 Å². The smallest absolute Gasteiger partial charge is 0.347 e. The first-order chi connectivity index (χ1) is 17.0. The topological polar surface area (TPSA) is 129 Å². The van der Waals surface area contributed by atoms with Crippen LogP contribution >= 0.6 is 0 Å². The number of halogens is 3. The van der Waals surface area contributed by atoms with Crippen LogP contribution in [0, 0.1) is 0 Å². The number of ether oxygens (including phenoxy) is 3. The Hall–Kier alpha value is -3.62. The van der Waals surface area contributed by atoms with Crippen LogP contribution < -0.4 is 10.6 Å². The molecular formula is C22H21F3N6O5. The molecule has 4 heterocycles. The molecule has 0 bridgehead atoms. The van der Waals surface area contributed by atoms with Gasteiger partial charge in [-0.1, -0.05) is 18.2 Å². The molecule has 0 unspecified atom stereocenters. The highest BCUT2D eigenvalue weighted by Crippen LogP contribution is 2.43. The monoisotopic (exact) mass is 506 g/mol. The number of rotatable bonds is 5. The van der Waals surface area contributed by atoms with Crippen molar-refractivity contribution in [3.05, 3.63) is 48.5 Å². The first-order valence-electron chi connectivity index (χ1n) is 10.9. The summed E-state index contributed by atoms with van der Waals surface area (Å²) < 4.78 is 57.3. The molecule has 2 fully saturated rings. The lowest BCUT2D eigenvalue weighted by atomic mass is 10.1. The van der Waals surface area contributed by atoms with Gasteiger partial charge in [0.1, 0.15) is 24.6 Å². The summed E-state index contributed by atoms with van der Waals surface area (Å²) in [7, 11) is 0. The Morgan fingerprint density at radius 3 is 2.53 bits per heavy atom. The van der Waals surface area contributed by atoms with E-state index in [0.717, 1.165) is 0 Å². The summed E-state index contributed by atoms with van der Waals surface area (Å²) in [6.45, 7) is 2.88. The van der Waals surface area contributed by atoms with Crippen molar-refractivity contribution in [3.63, 3.8) is 0 Å². The second-order valence-electron chi connectivity index (χ2n) is 8.70. The maximum atomic E-state index is 12.7. The molecule has 5 rings (SSSR count). The van der Waals surface area contributed by atoms with Crippen molar-refractivity contribution in [2.24, 2.45) is 0 Å². The van der Waals surface area contributed by atoms with Crippen molar-refractivity contribution in [1.29, 1.82) is 0 Å². The molecule has 3 aromatic rings. The first-order valence-corrected chi connectivity index (χ1v) is 10.9. The zero-order valence-corrected chi connectivity index (χ0v) is 19.0. The highest BCUT2D eigenvalue weighted by atomic mass is 19.4. The third kappa shape index (κ3) is 4.50. The number of hydrogen-bond donors (Lipinski definition) is 2. The van der Waals surface area contributed by atoms with Gasteiger partial charge in [-0.2, -0.15) is 13.2 Å². The van der Waals surface area contributed by atoms with E-state index >= 15 is 0 Å². The van der Waals surface area contributed by atoms with Crippen molar-refractivity contribution >= 4 is 28.8 Å². The van der Waals surface area contributed by atoms with E-state index < -0.39 is 54.9 Å². The summed E-state index contributed by atoms with van der Waals surface area (Å²) in [6, 6.07) is 8.54. The standard InChI is InChI=1S/C22H21F3N6O5/c1-21(2)35-14-12(8-26-20(33)22(23,24)25)34-19(15(14)36-21)31-10-29-13-16(27-9-28-17(13)31)30-18(32)11-6-4-3-5-7-11/h3-7,9-10,12,14-15,19H,8H2,1-2H3,(H,26,33)(H,27,28,30,32)/t12-,14-,15-,19-/m1/s1. The molecule has 11 nitrogen and oxygen atoms in total. The predicted octanol–water partition coefficient (Wildman–Crippen LogP) is 2.17. The van der Waals surface area contributed by atoms with E-state index in [-0.39, 0.29) is 11.3 Å². The number of imidazole rings is 1. The van der Waals surface area contributed by atoms with Crippen LogP contribution in [0.4, 0.5) is 19.0 Å². The molecule has 2 aliphatic heterocycles. The minimum absolute atomic E-state index is 0.167. The average molecular weight is 506 g/mol. The van der Waals surface area contributed by atoms with E-state index in [2.05, 4.69) is 20.3 Å². The van der Waals surface area contributed by atoms with Crippen LogP contribution in [-0.2, 0) is 19.0 Å². The molecule has 2 amide bonds. The number of carbonyl (C=O) groups is 2. The van der Waals surface area contributed by atoms with Gasteiger partial charge in [-0.25, -0.2) is 15.0 Å². The summed E-state index contributed by atoms with van der Waals surface area (Å²) in [5, 5.41) is 4.53. The summed E-state index contributed by atoms with van der Waals surface area (Å²) in [5.41, 5.74) is 0.993. The number of nitrogens with one attached hydrogen (secondary N) is 2. The van der Waals surface area contributed by atoms with Crippen molar-refractivity contribution < 1.29 is 37.0 Å². The van der Waals surface area contributed by atoms with Crippen LogP contribution in [0.3, 0.4) is 0 Å². The molecule has 36 heavy (non-hydrogen) atoms. The third-order valence-corrected chi connectivity index (χ3v) is 5.75. The van der Waals surface area contributed by atoms with E-state index in [1.165, 1.54) is 17.2 Å². The van der Waals surface area contributed by atoms with Gasteiger partial charge in [0, 0.05) is 12.1 Å². The lowest BCUT2D eigenvalue weighted by Gasteiger charge is -2.25. The quantitative estimate of drug-likeness (QED) is 0.539. The summed E-state index contributed by atoms with van der Waals surface area (Å²) in [6.07, 6.45) is -5.71. The zero-order chi connectivity index (χ0) is 25.7. The SMILES string of the molecule is CC1(C)O[C@@H]2[C@H](O1)[C@@H](CNC(=O)C(F)(F)F)O[C@H]2n1cnc2c(NC(=O)c3ccccc3)ncnc21. The van der Waals surface area contributed by atoms with Gasteiger partial charge >= 0.3 is 12.1 Å². The van der Waals surface area contributed by atoms with Crippen LogP contribution in [0.15, 0.2) is 43.0 Å². The van der Waals surface area contributed by atoms with E-state index in [1.807, 2.05) is 5.32 Å². The summed E-state index contributed by atoms with van der Waals surface area (Å²) in [5.74, 6) is -3.34. The second-order valence-corrected chi connectivity index (χ2v) is 8.70. The van der Waals surface area contributed by atoms with E-state index in [9.17, 15) is 22.8 Å². The highest BCUT2D eigenvalue weighted by Gasteiger charge is 2.56. The van der Waals surface area contributed by atoms with Gasteiger partial charge in [0.25, 0.3) is 5.91 Å². The van der Waals surface area contributed by atoms with Gasteiger partial charge < -0.3 is 24.8 Å². The minimum atomic E-state index is -5.03. The van der Waals surface area contributed by atoms with Gasteiger partial charge in [0.2, 0.25) is 0 Å². The van der Waals surface area contributed by atoms with Crippen LogP contribution in [0.2, 0.25) is 0 Å². The van der Waals surface area contributed by atoms with Gasteiger partial charge in [-0.15, -0.1) is 0 Å². The van der Waals surface area contributed by atoms with E-state index in [0.29, 0.717) is 11.2 Å². The number of alkyl halides is 3. The van der Waals surface area contributed by atoms with Gasteiger partial charge in [-0.3, -0.25) is 14.2 Å². The van der Waals surface area contributed by atoms with E-state index in [1.54, 1.807) is 44.2 Å². The Morgan fingerprint density at radius 2 is 1.81 bits per heavy atom. The fourth-order valence-corrected chi connectivity index (χ4v) is 4.24. The van der Waals surface area contributed by atoms with E-state index in [4.69, 9.17) is 14.2 Å². The number of nitrogens with zero attached hydrogens (tertiary/aromatic N) is 4. The third-order valence-electron chi connectivity index (χ3n) is 5.75. The van der Waals surface area contributed by atoms with Crippen molar-refractivity contribution in [2.45, 2.75) is 50.4 Å². The fourth-order valence-electron chi connectivity index (χ4n) is 4.24. The number of anilines is 1. The molecule has 190 valence electrons. The van der Waals surface area contributed by atoms with Crippen LogP contribution in [-0.4, -0.2) is 68.2 Å². The Bertz CT molecular complexity index is 1300. The van der Waals surface area contributed by atoms with Crippen molar-refractivity contribution in [3.8, 4) is 0 Å². The zero-order valence-electron chi connectivity index (χ0n) is 19.0. The predicted molar refractivity (Wildman–Crippen MR) is 117 cm³/mol. The Kier molecular flexibility index (Phi) is 5.89. The lowest BCUT2D eigenvalue weighted by Crippen LogP contribution is -2.44. The maximum Gasteiger partial charge on any atom is 0.471 e. The molecule has 2 aliphatic rings. The second kappa shape index (κ2) is 8.80. The minimum Gasteiger partial charge on any atom is -0.347 e.